The molecule has 0 aliphatic heterocycles. The lowest BCUT2D eigenvalue weighted by Gasteiger charge is -2.19. The van der Waals surface area contributed by atoms with Gasteiger partial charge in [-0.2, -0.15) is 0 Å². The van der Waals surface area contributed by atoms with Crippen LogP contribution < -0.4 is 10.1 Å². The van der Waals surface area contributed by atoms with Crippen LogP contribution in [0.5, 0.6) is 5.75 Å². The Balaban J connectivity index is 1.34. The third-order valence-corrected chi connectivity index (χ3v) is 6.16. The number of benzene rings is 3. The lowest BCUT2D eigenvalue weighted by atomic mass is 9.86. The molecule has 0 unspecified atom stereocenters. The van der Waals surface area contributed by atoms with Crippen LogP contribution in [-0.2, 0) is 16.6 Å². The molecule has 5 heteroatoms. The zero-order valence-corrected chi connectivity index (χ0v) is 21.5. The molecule has 3 aromatic rings. The van der Waals surface area contributed by atoms with Gasteiger partial charge in [0.15, 0.2) is 0 Å². The quantitative estimate of drug-likeness (QED) is 0.281. The van der Waals surface area contributed by atoms with Gasteiger partial charge in [0, 0.05) is 12.1 Å². The maximum atomic E-state index is 12.0. The van der Waals surface area contributed by atoms with Crippen molar-refractivity contribution in [3.63, 3.8) is 0 Å². The molecule has 0 aliphatic carbocycles. The van der Waals surface area contributed by atoms with E-state index in [-0.39, 0.29) is 24.3 Å². The van der Waals surface area contributed by atoms with E-state index >= 15 is 0 Å². The van der Waals surface area contributed by atoms with Gasteiger partial charge in [0.1, 0.15) is 5.75 Å². The van der Waals surface area contributed by atoms with Crippen LogP contribution in [0.25, 0.3) is 11.1 Å². The summed E-state index contributed by atoms with van der Waals surface area (Å²) in [5.41, 5.74) is 5.62. The molecule has 0 aromatic heterocycles. The van der Waals surface area contributed by atoms with Crippen molar-refractivity contribution in [1.82, 2.24) is 5.32 Å². The number of aliphatic carboxylic acids is 1. The number of hydrogen-bond donors (Lipinski definition) is 2. The monoisotopic (exact) mass is 487 g/mol. The Morgan fingerprint density at radius 3 is 2.00 bits per heavy atom. The van der Waals surface area contributed by atoms with Crippen molar-refractivity contribution < 1.29 is 19.4 Å². The highest BCUT2D eigenvalue weighted by molar-refractivity contribution is 5.94. The first-order valence-electron chi connectivity index (χ1n) is 12.6. The SMILES string of the molecule is CC(C)(C)c1ccc(-c2ccc(OCCCCCc3ccc(C(=O)NCCC(=O)O)cc3)cc2)cc1. The molecule has 0 atom stereocenters. The molecule has 190 valence electrons. The number of carboxylic acid groups (broad SMARTS) is 1. The summed E-state index contributed by atoms with van der Waals surface area (Å²) in [4.78, 5) is 22.5. The van der Waals surface area contributed by atoms with Gasteiger partial charge in [0.2, 0.25) is 0 Å². The highest BCUT2D eigenvalue weighted by Crippen LogP contribution is 2.27. The van der Waals surface area contributed by atoms with Crippen LogP contribution in [0.1, 0.15) is 67.9 Å². The topological polar surface area (TPSA) is 75.6 Å². The third kappa shape index (κ3) is 8.56. The Kier molecular flexibility index (Phi) is 9.69. The molecule has 3 rings (SSSR count). The van der Waals surface area contributed by atoms with E-state index in [9.17, 15) is 9.59 Å². The van der Waals surface area contributed by atoms with Crippen molar-refractivity contribution in [2.45, 2.75) is 58.3 Å². The normalized spacial score (nSPS) is 11.2. The number of carboxylic acids is 1. The Morgan fingerprint density at radius 1 is 0.806 bits per heavy atom. The molecule has 36 heavy (non-hydrogen) atoms. The minimum Gasteiger partial charge on any atom is -0.494 e. The third-order valence-electron chi connectivity index (χ3n) is 6.16. The molecule has 0 heterocycles. The van der Waals surface area contributed by atoms with E-state index in [0.717, 1.165) is 31.4 Å². The van der Waals surface area contributed by atoms with Crippen molar-refractivity contribution in [2.75, 3.05) is 13.2 Å². The van der Waals surface area contributed by atoms with E-state index < -0.39 is 5.97 Å². The van der Waals surface area contributed by atoms with Crippen LogP contribution in [-0.4, -0.2) is 30.1 Å². The molecule has 0 bridgehead atoms. The largest absolute Gasteiger partial charge is 0.494 e. The molecule has 5 nitrogen and oxygen atoms in total. The predicted octanol–water partition coefficient (Wildman–Crippen LogP) is 6.65. The number of nitrogens with one attached hydrogen (secondary N) is 1. The van der Waals surface area contributed by atoms with Gasteiger partial charge in [-0.25, -0.2) is 0 Å². The molecule has 0 fully saturated rings. The van der Waals surface area contributed by atoms with Crippen LogP contribution >= 0.6 is 0 Å². The minimum absolute atomic E-state index is 0.0783. The van der Waals surface area contributed by atoms with E-state index in [1.54, 1.807) is 12.1 Å². The number of carbonyl (C=O) groups is 2. The van der Waals surface area contributed by atoms with Gasteiger partial charge in [-0.15, -0.1) is 0 Å². The summed E-state index contributed by atoms with van der Waals surface area (Å²) in [6, 6.07) is 24.6. The fourth-order valence-electron chi connectivity index (χ4n) is 3.91. The van der Waals surface area contributed by atoms with Gasteiger partial charge < -0.3 is 15.2 Å². The zero-order chi connectivity index (χ0) is 26.0. The first kappa shape index (κ1) is 27.0. The predicted molar refractivity (Wildman–Crippen MR) is 145 cm³/mol. The van der Waals surface area contributed by atoms with E-state index in [1.165, 1.54) is 22.3 Å². The number of hydrogen-bond acceptors (Lipinski definition) is 3. The molecule has 0 radical (unpaired) electrons. The molecule has 0 saturated heterocycles. The van der Waals surface area contributed by atoms with Crippen molar-refractivity contribution >= 4 is 11.9 Å². The second-order valence-electron chi connectivity index (χ2n) is 10.1. The van der Waals surface area contributed by atoms with E-state index in [4.69, 9.17) is 9.84 Å². The number of aryl methyl sites for hydroxylation is 1. The maximum absolute atomic E-state index is 12.0. The van der Waals surface area contributed by atoms with Crippen molar-refractivity contribution in [2.24, 2.45) is 0 Å². The summed E-state index contributed by atoms with van der Waals surface area (Å²) in [5, 5.41) is 11.3. The maximum Gasteiger partial charge on any atom is 0.305 e. The number of carbonyl (C=O) groups excluding carboxylic acids is 1. The van der Waals surface area contributed by atoms with Crippen LogP contribution in [0.15, 0.2) is 72.8 Å². The Labute approximate surface area is 214 Å². The zero-order valence-electron chi connectivity index (χ0n) is 21.5. The summed E-state index contributed by atoms with van der Waals surface area (Å²) >= 11 is 0. The van der Waals surface area contributed by atoms with E-state index in [1.807, 2.05) is 24.3 Å². The number of unbranched alkanes of at least 4 members (excludes halogenated alkanes) is 2. The first-order chi connectivity index (χ1) is 17.2. The average molecular weight is 488 g/mol. The van der Waals surface area contributed by atoms with Gasteiger partial charge in [0.25, 0.3) is 5.91 Å². The summed E-state index contributed by atoms with van der Waals surface area (Å²) < 4.78 is 5.92. The molecule has 0 spiro atoms. The van der Waals surface area contributed by atoms with Crippen LogP contribution in [0.4, 0.5) is 0 Å². The molecule has 1 amide bonds. The second-order valence-corrected chi connectivity index (χ2v) is 10.1. The molecule has 2 N–H and O–H groups in total. The molecule has 3 aromatic carbocycles. The van der Waals surface area contributed by atoms with Gasteiger partial charge in [0.05, 0.1) is 13.0 Å². The van der Waals surface area contributed by atoms with Crippen LogP contribution in [0.3, 0.4) is 0 Å². The smallest absolute Gasteiger partial charge is 0.305 e. The Bertz CT molecular complexity index is 1110. The van der Waals surface area contributed by atoms with E-state index in [2.05, 4.69) is 62.5 Å². The number of rotatable bonds is 12. The Hall–Kier alpha value is -3.60. The van der Waals surface area contributed by atoms with Crippen LogP contribution in [0, 0.1) is 0 Å². The number of ether oxygens (including phenoxy) is 1. The fraction of sp³-hybridized carbons (Fsp3) is 0.355. The van der Waals surface area contributed by atoms with Gasteiger partial charge in [-0.1, -0.05) is 69.3 Å². The van der Waals surface area contributed by atoms with Gasteiger partial charge >= 0.3 is 5.97 Å². The summed E-state index contributed by atoms with van der Waals surface area (Å²) in [5.74, 6) is -0.277. The van der Waals surface area contributed by atoms with Gasteiger partial charge in [-0.05, 0) is 77.6 Å². The van der Waals surface area contributed by atoms with Crippen molar-refractivity contribution in [1.29, 1.82) is 0 Å². The fourth-order valence-corrected chi connectivity index (χ4v) is 3.91. The average Bonchev–Trinajstić information content (AvgIpc) is 2.86. The van der Waals surface area contributed by atoms with Crippen LogP contribution in [0.2, 0.25) is 0 Å². The Morgan fingerprint density at radius 2 is 1.42 bits per heavy atom. The lowest BCUT2D eigenvalue weighted by Crippen LogP contribution is -2.25. The molecular formula is C31H37NO4. The number of amides is 1. The lowest BCUT2D eigenvalue weighted by molar-refractivity contribution is -0.136. The molecular weight excluding hydrogens is 450 g/mol. The van der Waals surface area contributed by atoms with Crippen molar-refractivity contribution in [3.05, 3.63) is 89.5 Å². The highest BCUT2D eigenvalue weighted by atomic mass is 16.5. The highest BCUT2D eigenvalue weighted by Gasteiger charge is 2.13. The minimum atomic E-state index is -0.924. The summed E-state index contributed by atoms with van der Waals surface area (Å²) in [7, 11) is 0. The standard InChI is InChI=1S/C31H37NO4/c1-31(2,3)27-16-12-24(13-17-27)25-14-18-28(19-15-25)36-22-6-4-5-7-23-8-10-26(11-9-23)30(35)32-21-20-29(33)34/h8-19H,4-7,20-22H2,1-3H3,(H,32,35)(H,33,34). The first-order valence-corrected chi connectivity index (χ1v) is 12.6. The summed E-state index contributed by atoms with van der Waals surface area (Å²) in [6.45, 7) is 7.50. The second kappa shape index (κ2) is 12.9. The molecule has 0 aliphatic rings. The molecule has 0 saturated carbocycles. The summed E-state index contributed by atoms with van der Waals surface area (Å²) in [6.07, 6.45) is 3.97. The van der Waals surface area contributed by atoms with Crippen molar-refractivity contribution in [3.8, 4) is 16.9 Å². The van der Waals surface area contributed by atoms with E-state index in [0.29, 0.717) is 12.2 Å². The van der Waals surface area contributed by atoms with Gasteiger partial charge in [-0.3, -0.25) is 9.59 Å².